The number of likely N-dealkylation sites (N-methyl/N-ethyl adjacent to an activating group) is 1. The van der Waals surface area contributed by atoms with E-state index in [1.807, 2.05) is 21.9 Å². The number of hydrogen-bond donors (Lipinski definition) is 0. The monoisotopic (exact) mass is 503 g/mol. The molecule has 0 bridgehead atoms. The van der Waals surface area contributed by atoms with Crippen LogP contribution in [0.15, 0.2) is 48.5 Å². The van der Waals surface area contributed by atoms with Crippen LogP contribution in [0.3, 0.4) is 0 Å². The van der Waals surface area contributed by atoms with E-state index < -0.39 is 0 Å². The minimum Gasteiger partial charge on any atom is -0.493 e. The molecule has 0 aromatic heterocycles. The average molecular weight is 504 g/mol. The van der Waals surface area contributed by atoms with Crippen LogP contribution in [0.2, 0.25) is 10.0 Å². The van der Waals surface area contributed by atoms with E-state index in [4.69, 9.17) is 27.9 Å². The molecule has 182 valence electrons. The van der Waals surface area contributed by atoms with Crippen LogP contribution in [-0.4, -0.2) is 79.4 Å². The minimum absolute atomic E-state index is 0.0303. The van der Waals surface area contributed by atoms with E-state index in [0.29, 0.717) is 60.3 Å². The third kappa shape index (κ3) is 6.23. The molecule has 8 heteroatoms. The summed E-state index contributed by atoms with van der Waals surface area (Å²) in [7, 11) is 2.08. The quantitative estimate of drug-likeness (QED) is 0.583. The Morgan fingerprint density at radius 1 is 0.882 bits per heavy atom. The molecule has 0 unspecified atom stereocenters. The van der Waals surface area contributed by atoms with Crippen LogP contribution >= 0.6 is 23.2 Å². The van der Waals surface area contributed by atoms with Gasteiger partial charge in [0.2, 0.25) is 5.91 Å². The first kappa shape index (κ1) is 24.8. The molecule has 0 radical (unpaired) electrons. The number of nitrogens with zero attached hydrogens (tertiary/aromatic N) is 3. The summed E-state index contributed by atoms with van der Waals surface area (Å²) in [5.74, 6) is 0.825. The zero-order valence-corrected chi connectivity index (χ0v) is 21.0. The van der Waals surface area contributed by atoms with E-state index in [0.717, 1.165) is 26.2 Å². The van der Waals surface area contributed by atoms with E-state index in [9.17, 15) is 9.59 Å². The highest BCUT2D eigenvalue weighted by molar-refractivity contribution is 6.31. The summed E-state index contributed by atoms with van der Waals surface area (Å²) >= 11 is 12.2. The van der Waals surface area contributed by atoms with Crippen LogP contribution in [-0.2, 0) is 4.79 Å². The number of ether oxygens (including phenoxy) is 1. The SMILES string of the molecule is CN1CCN(C(=O)CC2(COc3cccc(Cl)c3)CCN(C(=O)c3cccc(Cl)c3)CC2)CC1. The lowest BCUT2D eigenvalue weighted by atomic mass is 9.75. The number of piperazine rings is 1. The van der Waals surface area contributed by atoms with Crippen LogP contribution in [0.4, 0.5) is 0 Å². The Morgan fingerprint density at radius 3 is 2.18 bits per heavy atom. The fourth-order valence-corrected chi connectivity index (χ4v) is 5.01. The van der Waals surface area contributed by atoms with Gasteiger partial charge in [-0.2, -0.15) is 0 Å². The number of likely N-dealkylation sites (tertiary alicyclic amines) is 1. The summed E-state index contributed by atoms with van der Waals surface area (Å²) in [5.41, 5.74) is 0.247. The van der Waals surface area contributed by atoms with Crippen molar-refractivity contribution in [1.29, 1.82) is 0 Å². The maximum absolute atomic E-state index is 13.3. The highest BCUT2D eigenvalue weighted by Crippen LogP contribution is 2.37. The molecule has 2 aromatic carbocycles. The van der Waals surface area contributed by atoms with Crippen LogP contribution in [0.5, 0.6) is 5.75 Å². The van der Waals surface area contributed by atoms with Crippen LogP contribution in [0.1, 0.15) is 29.6 Å². The van der Waals surface area contributed by atoms with E-state index >= 15 is 0 Å². The van der Waals surface area contributed by atoms with Crippen molar-refractivity contribution >= 4 is 35.0 Å². The van der Waals surface area contributed by atoms with Crippen molar-refractivity contribution in [2.75, 3.05) is 52.9 Å². The molecule has 0 spiro atoms. The molecule has 2 aromatic rings. The van der Waals surface area contributed by atoms with Crippen molar-refractivity contribution in [3.63, 3.8) is 0 Å². The number of rotatable bonds is 6. The summed E-state index contributed by atoms with van der Waals surface area (Å²) < 4.78 is 6.15. The van der Waals surface area contributed by atoms with Gasteiger partial charge in [0, 0.05) is 66.7 Å². The lowest BCUT2D eigenvalue weighted by molar-refractivity contribution is -0.136. The number of carbonyl (C=O) groups is 2. The van der Waals surface area contributed by atoms with Gasteiger partial charge in [-0.3, -0.25) is 9.59 Å². The molecule has 4 rings (SSSR count). The van der Waals surface area contributed by atoms with Gasteiger partial charge in [0.25, 0.3) is 5.91 Å². The number of piperidine rings is 1. The molecule has 34 heavy (non-hydrogen) atoms. The Balaban J connectivity index is 1.45. The van der Waals surface area contributed by atoms with E-state index in [1.54, 1.807) is 36.4 Å². The van der Waals surface area contributed by atoms with E-state index in [2.05, 4.69) is 11.9 Å². The van der Waals surface area contributed by atoms with Crippen molar-refractivity contribution in [2.45, 2.75) is 19.3 Å². The van der Waals surface area contributed by atoms with Crippen molar-refractivity contribution in [3.8, 4) is 5.75 Å². The Kier molecular flexibility index (Phi) is 8.02. The normalized spacial score (nSPS) is 18.6. The number of carbonyl (C=O) groups excluding carboxylic acids is 2. The standard InChI is InChI=1S/C26H31Cl2N3O3/c1-29-12-14-30(15-13-29)24(32)18-26(19-34-23-7-3-6-22(28)17-23)8-10-31(11-9-26)25(33)20-4-2-5-21(27)16-20/h2-7,16-17H,8-15,18-19H2,1H3. The summed E-state index contributed by atoms with van der Waals surface area (Å²) in [6.45, 7) is 4.83. The first-order valence-corrected chi connectivity index (χ1v) is 12.5. The molecule has 2 fully saturated rings. The van der Waals surface area contributed by atoms with Crippen molar-refractivity contribution in [1.82, 2.24) is 14.7 Å². The second-order valence-electron chi connectivity index (χ2n) is 9.41. The molecule has 2 saturated heterocycles. The summed E-state index contributed by atoms with van der Waals surface area (Å²) in [5, 5.41) is 1.16. The molecule has 0 atom stereocenters. The van der Waals surface area contributed by atoms with Crippen LogP contribution in [0.25, 0.3) is 0 Å². The molecule has 6 nitrogen and oxygen atoms in total. The Labute approximate surface area is 211 Å². The van der Waals surface area contributed by atoms with Gasteiger partial charge >= 0.3 is 0 Å². The Morgan fingerprint density at radius 2 is 1.53 bits per heavy atom. The van der Waals surface area contributed by atoms with E-state index in [1.165, 1.54) is 0 Å². The lowest BCUT2D eigenvalue weighted by Crippen LogP contribution is -2.51. The van der Waals surface area contributed by atoms with Crippen LogP contribution < -0.4 is 4.74 Å². The number of benzene rings is 2. The predicted molar refractivity (Wildman–Crippen MR) is 135 cm³/mol. The average Bonchev–Trinajstić information content (AvgIpc) is 2.83. The van der Waals surface area contributed by atoms with Gasteiger partial charge in [-0.1, -0.05) is 35.3 Å². The van der Waals surface area contributed by atoms with Crippen molar-refractivity contribution in [3.05, 3.63) is 64.1 Å². The molecular weight excluding hydrogens is 473 g/mol. The van der Waals surface area contributed by atoms with Gasteiger partial charge in [0.05, 0.1) is 6.61 Å². The maximum Gasteiger partial charge on any atom is 0.253 e. The number of amides is 2. The first-order chi connectivity index (χ1) is 16.3. The molecule has 2 heterocycles. The third-order valence-corrected chi connectivity index (χ3v) is 7.38. The molecule has 2 amide bonds. The second kappa shape index (κ2) is 11.0. The Bertz CT molecular complexity index is 1020. The molecule has 2 aliphatic rings. The third-order valence-electron chi connectivity index (χ3n) is 6.91. The number of halogens is 2. The van der Waals surface area contributed by atoms with Gasteiger partial charge in [-0.05, 0) is 56.3 Å². The van der Waals surface area contributed by atoms with Crippen molar-refractivity contribution in [2.24, 2.45) is 5.41 Å². The second-order valence-corrected chi connectivity index (χ2v) is 10.3. The van der Waals surface area contributed by atoms with Gasteiger partial charge in [-0.15, -0.1) is 0 Å². The summed E-state index contributed by atoms with van der Waals surface area (Å²) in [6.07, 6.45) is 1.80. The number of hydrogen-bond acceptors (Lipinski definition) is 4. The maximum atomic E-state index is 13.3. The molecular formula is C26H31Cl2N3O3. The van der Waals surface area contributed by atoms with Crippen molar-refractivity contribution < 1.29 is 14.3 Å². The predicted octanol–water partition coefficient (Wildman–Crippen LogP) is 4.46. The fraction of sp³-hybridized carbons (Fsp3) is 0.462. The van der Waals surface area contributed by atoms with Gasteiger partial charge in [0.15, 0.2) is 0 Å². The molecule has 2 aliphatic heterocycles. The highest BCUT2D eigenvalue weighted by atomic mass is 35.5. The molecule has 0 saturated carbocycles. The van der Waals surface area contributed by atoms with E-state index in [-0.39, 0.29) is 17.2 Å². The zero-order valence-electron chi connectivity index (χ0n) is 19.5. The van der Waals surface area contributed by atoms with Gasteiger partial charge in [0.1, 0.15) is 5.75 Å². The topological polar surface area (TPSA) is 53.1 Å². The fourth-order valence-electron chi connectivity index (χ4n) is 4.64. The molecule has 0 N–H and O–H groups in total. The highest BCUT2D eigenvalue weighted by Gasteiger charge is 2.40. The van der Waals surface area contributed by atoms with Gasteiger partial charge < -0.3 is 19.4 Å². The summed E-state index contributed by atoms with van der Waals surface area (Å²) in [4.78, 5) is 32.3. The Hall–Kier alpha value is -2.28. The summed E-state index contributed by atoms with van der Waals surface area (Å²) in [6, 6.07) is 14.4. The minimum atomic E-state index is -0.339. The smallest absolute Gasteiger partial charge is 0.253 e. The van der Waals surface area contributed by atoms with Gasteiger partial charge in [-0.25, -0.2) is 0 Å². The molecule has 0 aliphatic carbocycles. The first-order valence-electron chi connectivity index (χ1n) is 11.7. The largest absolute Gasteiger partial charge is 0.493 e. The van der Waals surface area contributed by atoms with Crippen LogP contribution in [0, 0.1) is 5.41 Å². The zero-order chi connectivity index (χ0) is 24.1. The lowest BCUT2D eigenvalue weighted by Gasteiger charge is -2.42.